The zero-order chi connectivity index (χ0) is 5.11. The minimum atomic E-state index is -0.0220. The molecule has 0 unspecified atom stereocenters. The highest BCUT2D eigenvalue weighted by molar-refractivity contribution is 4.42. The molecule has 0 aliphatic heterocycles. The van der Waals surface area contributed by atoms with Crippen LogP contribution in [0.15, 0.2) is 17.2 Å². The van der Waals surface area contributed by atoms with Crippen molar-refractivity contribution in [3.05, 3.63) is 18.4 Å². The summed E-state index contributed by atoms with van der Waals surface area (Å²) in [5.41, 5.74) is -0.0220. The van der Waals surface area contributed by atoms with Gasteiger partial charge in [0.2, 0.25) is 5.62 Å². The third-order valence-electron chi connectivity index (χ3n) is 0.472. The molecule has 1 aromatic rings. The van der Waals surface area contributed by atoms with E-state index in [1.807, 2.05) is 0 Å². The van der Waals surface area contributed by atoms with Crippen LogP contribution in [0.25, 0.3) is 0 Å². The van der Waals surface area contributed by atoms with E-state index in [9.17, 15) is 0 Å². The lowest BCUT2D eigenvalue weighted by molar-refractivity contribution is 0.492. The fraction of sp³-hybridized carbons (Fsp3) is 0. The summed E-state index contributed by atoms with van der Waals surface area (Å²) < 4.78 is 4.42. The average Bonchev–Trinajstić information content (AvgIpc) is 1.69. The average molecular weight is 97.1 g/mol. The first-order valence-corrected chi connectivity index (χ1v) is 1.69. The summed E-state index contributed by atoms with van der Waals surface area (Å²) in [7, 11) is 0. The minimum absolute atomic E-state index is 0.0220. The van der Waals surface area contributed by atoms with Gasteiger partial charge in [-0.05, 0) is 0 Å². The maximum atomic E-state index is 6.71. The standard InChI is InChI=1S/C3H3N3O/c4-3-5-1-7-2-6-3/h1-2,4H. The van der Waals surface area contributed by atoms with Crippen molar-refractivity contribution >= 4 is 0 Å². The first-order chi connectivity index (χ1) is 3.39. The smallest absolute Gasteiger partial charge is 0.247 e. The normalized spacial score (nSPS) is 8.57. The van der Waals surface area contributed by atoms with Gasteiger partial charge in [-0.25, -0.2) is 0 Å². The fourth-order valence-corrected chi connectivity index (χ4v) is 0.221. The third-order valence-corrected chi connectivity index (χ3v) is 0.472. The SMILES string of the molecule is N=c1ncocn1. The minimum Gasteiger partial charge on any atom is -0.434 e. The Bertz CT molecular complexity index is 176. The van der Waals surface area contributed by atoms with Crippen LogP contribution in [0, 0.1) is 5.41 Å². The number of aromatic nitrogens is 2. The van der Waals surface area contributed by atoms with Crippen LogP contribution in [0.1, 0.15) is 0 Å². The Balaban J connectivity index is 3.28. The van der Waals surface area contributed by atoms with Crippen molar-refractivity contribution in [3.8, 4) is 0 Å². The number of rotatable bonds is 0. The van der Waals surface area contributed by atoms with Crippen molar-refractivity contribution in [3.63, 3.8) is 0 Å². The van der Waals surface area contributed by atoms with Gasteiger partial charge in [0.1, 0.15) is 0 Å². The maximum Gasteiger partial charge on any atom is 0.247 e. The molecule has 4 heteroatoms. The summed E-state index contributed by atoms with van der Waals surface area (Å²) in [4.78, 5) is 6.74. The second-order valence-electron chi connectivity index (χ2n) is 0.929. The molecule has 1 N–H and O–H groups in total. The van der Waals surface area contributed by atoms with Crippen LogP contribution < -0.4 is 5.62 Å². The summed E-state index contributed by atoms with van der Waals surface area (Å²) in [6.07, 6.45) is 2.32. The highest BCUT2D eigenvalue weighted by Crippen LogP contribution is 1.60. The molecule has 1 aromatic heterocycles. The Morgan fingerprint density at radius 3 is 2.29 bits per heavy atom. The van der Waals surface area contributed by atoms with E-state index in [1.165, 1.54) is 0 Å². The van der Waals surface area contributed by atoms with Gasteiger partial charge in [-0.3, -0.25) is 5.41 Å². The molecule has 0 spiro atoms. The number of nitrogens with zero attached hydrogens (tertiary/aromatic N) is 2. The molecule has 0 aliphatic rings. The van der Waals surface area contributed by atoms with Gasteiger partial charge in [-0.1, -0.05) is 0 Å². The molecule has 0 saturated heterocycles. The number of hydrogen-bond acceptors (Lipinski definition) is 4. The Kier molecular flexibility index (Phi) is 0.856. The number of hydrogen-bond donors (Lipinski definition) is 1. The molecule has 0 atom stereocenters. The molecule has 0 fully saturated rings. The van der Waals surface area contributed by atoms with Gasteiger partial charge in [-0.15, -0.1) is 0 Å². The van der Waals surface area contributed by atoms with Crippen LogP contribution in [0.4, 0.5) is 0 Å². The van der Waals surface area contributed by atoms with Crippen molar-refractivity contribution in [2.45, 2.75) is 0 Å². The molecule has 36 valence electrons. The largest absolute Gasteiger partial charge is 0.434 e. The van der Waals surface area contributed by atoms with Crippen molar-refractivity contribution < 1.29 is 4.42 Å². The summed E-state index contributed by atoms with van der Waals surface area (Å²) in [5.74, 6) is 0. The topological polar surface area (TPSA) is 62.8 Å². The van der Waals surface area contributed by atoms with Crippen molar-refractivity contribution in [1.29, 1.82) is 5.41 Å². The van der Waals surface area contributed by atoms with E-state index in [0.717, 1.165) is 12.8 Å². The predicted molar refractivity (Wildman–Crippen MR) is 20.2 cm³/mol. The molecular formula is C3H3N3O. The highest BCUT2D eigenvalue weighted by Gasteiger charge is 1.70. The Morgan fingerprint density at radius 1 is 1.43 bits per heavy atom. The van der Waals surface area contributed by atoms with Crippen LogP contribution in [0.3, 0.4) is 0 Å². The molecule has 0 bridgehead atoms. The maximum absolute atomic E-state index is 6.71. The van der Waals surface area contributed by atoms with Crippen LogP contribution in [0.5, 0.6) is 0 Å². The summed E-state index contributed by atoms with van der Waals surface area (Å²) in [6.45, 7) is 0. The molecule has 0 amide bonds. The van der Waals surface area contributed by atoms with Gasteiger partial charge in [0, 0.05) is 0 Å². The zero-order valence-corrected chi connectivity index (χ0v) is 3.46. The lowest BCUT2D eigenvalue weighted by Crippen LogP contribution is -2.06. The van der Waals surface area contributed by atoms with Gasteiger partial charge in [0.15, 0.2) is 12.8 Å². The quantitative estimate of drug-likeness (QED) is 0.476. The van der Waals surface area contributed by atoms with Crippen molar-refractivity contribution in [2.75, 3.05) is 0 Å². The molecular weight excluding hydrogens is 94.1 g/mol. The van der Waals surface area contributed by atoms with Crippen LogP contribution in [0.2, 0.25) is 0 Å². The Morgan fingerprint density at radius 2 is 2.00 bits per heavy atom. The predicted octanol–water partition coefficient (Wildman–Crippen LogP) is -0.451. The van der Waals surface area contributed by atoms with Crippen LogP contribution >= 0.6 is 0 Å². The van der Waals surface area contributed by atoms with Crippen molar-refractivity contribution in [2.24, 2.45) is 0 Å². The summed E-state index contributed by atoms with van der Waals surface area (Å²) in [5, 5.41) is 6.71. The van der Waals surface area contributed by atoms with Gasteiger partial charge in [-0.2, -0.15) is 9.97 Å². The summed E-state index contributed by atoms with van der Waals surface area (Å²) >= 11 is 0. The van der Waals surface area contributed by atoms with Gasteiger partial charge < -0.3 is 4.42 Å². The lowest BCUT2D eigenvalue weighted by atomic mass is 11.1. The molecule has 1 heterocycles. The summed E-state index contributed by atoms with van der Waals surface area (Å²) in [6, 6.07) is 0. The van der Waals surface area contributed by atoms with Crippen molar-refractivity contribution in [1.82, 2.24) is 9.97 Å². The molecule has 1 rings (SSSR count). The molecule has 7 heavy (non-hydrogen) atoms. The first kappa shape index (κ1) is 3.98. The molecule has 0 saturated carbocycles. The second kappa shape index (κ2) is 1.51. The highest BCUT2D eigenvalue weighted by atomic mass is 16.3. The first-order valence-electron chi connectivity index (χ1n) is 1.69. The Hall–Kier alpha value is -1.19. The molecule has 0 radical (unpaired) electrons. The van der Waals surface area contributed by atoms with Crippen LogP contribution in [-0.4, -0.2) is 9.97 Å². The van der Waals surface area contributed by atoms with E-state index < -0.39 is 0 Å². The van der Waals surface area contributed by atoms with Crippen LogP contribution in [-0.2, 0) is 0 Å². The van der Waals surface area contributed by atoms with E-state index in [1.54, 1.807) is 0 Å². The molecule has 0 aromatic carbocycles. The van der Waals surface area contributed by atoms with E-state index in [4.69, 9.17) is 5.41 Å². The zero-order valence-electron chi connectivity index (χ0n) is 3.46. The second-order valence-corrected chi connectivity index (χ2v) is 0.929. The van der Waals surface area contributed by atoms with E-state index in [0.29, 0.717) is 0 Å². The van der Waals surface area contributed by atoms with E-state index in [-0.39, 0.29) is 5.62 Å². The third kappa shape index (κ3) is 0.819. The van der Waals surface area contributed by atoms with Gasteiger partial charge in [0.05, 0.1) is 0 Å². The Labute approximate surface area is 39.4 Å². The lowest BCUT2D eigenvalue weighted by Gasteiger charge is -1.74. The molecule has 4 nitrogen and oxygen atoms in total. The monoisotopic (exact) mass is 97.0 g/mol. The van der Waals surface area contributed by atoms with Gasteiger partial charge in [0.25, 0.3) is 0 Å². The van der Waals surface area contributed by atoms with E-state index in [2.05, 4.69) is 14.4 Å². The van der Waals surface area contributed by atoms with Gasteiger partial charge >= 0.3 is 0 Å². The fourth-order valence-electron chi connectivity index (χ4n) is 0.221. The number of nitrogens with one attached hydrogen (secondary N) is 1. The van der Waals surface area contributed by atoms with E-state index >= 15 is 0 Å². The molecule has 0 aliphatic carbocycles.